The molecule has 0 fully saturated rings. The van der Waals surface area contributed by atoms with Crippen LogP contribution in [0.15, 0.2) is 23.8 Å². The van der Waals surface area contributed by atoms with Crippen LogP contribution in [0.2, 0.25) is 5.02 Å². The van der Waals surface area contributed by atoms with Crippen molar-refractivity contribution in [2.75, 3.05) is 6.61 Å². The van der Waals surface area contributed by atoms with Gasteiger partial charge in [0, 0.05) is 17.5 Å². The fraction of sp³-hybridized carbons (Fsp3) is 0.308. The van der Waals surface area contributed by atoms with E-state index < -0.39 is 11.8 Å². The summed E-state index contributed by atoms with van der Waals surface area (Å²) in [5.74, 6) is -1.84. The van der Waals surface area contributed by atoms with Crippen molar-refractivity contribution in [3.05, 3.63) is 34.4 Å². The predicted molar refractivity (Wildman–Crippen MR) is 67.3 cm³/mol. The highest BCUT2D eigenvalue weighted by molar-refractivity contribution is 6.30. The van der Waals surface area contributed by atoms with Gasteiger partial charge in [0.2, 0.25) is 5.79 Å². The number of carbonyl (C=O) groups is 1. The van der Waals surface area contributed by atoms with Gasteiger partial charge in [-0.15, -0.1) is 0 Å². The van der Waals surface area contributed by atoms with Crippen molar-refractivity contribution in [1.29, 1.82) is 0 Å². The zero-order valence-corrected chi connectivity index (χ0v) is 10.8. The predicted octanol–water partition coefficient (Wildman–Crippen LogP) is 2.39. The lowest BCUT2D eigenvalue weighted by Gasteiger charge is -2.30. The molecule has 1 aromatic rings. The molecule has 1 unspecified atom stereocenters. The minimum atomic E-state index is -1.70. The van der Waals surface area contributed by atoms with Crippen molar-refractivity contribution in [1.82, 2.24) is 0 Å². The van der Waals surface area contributed by atoms with E-state index in [1.165, 1.54) is 13.0 Å². The van der Waals surface area contributed by atoms with Crippen LogP contribution >= 0.6 is 11.6 Å². The zero-order valence-electron chi connectivity index (χ0n) is 10.1. The molecule has 1 aliphatic heterocycles. The summed E-state index contributed by atoms with van der Waals surface area (Å²) in [5, 5.41) is 10.6. The molecule has 2 rings (SSSR count). The van der Waals surface area contributed by atoms with Crippen LogP contribution in [0.25, 0.3) is 6.08 Å². The maximum Gasteiger partial charge on any atom is 0.340 e. The summed E-state index contributed by atoms with van der Waals surface area (Å²) < 4.78 is 10.3. The summed E-state index contributed by atoms with van der Waals surface area (Å²) >= 11 is 5.87. The fourth-order valence-electron chi connectivity index (χ4n) is 1.74. The van der Waals surface area contributed by atoms with Gasteiger partial charge in [0.25, 0.3) is 0 Å². The minimum absolute atomic E-state index is 0.0547. The molecule has 0 radical (unpaired) electrons. The molecule has 0 bridgehead atoms. The van der Waals surface area contributed by atoms with E-state index in [2.05, 4.69) is 0 Å². The Hall–Kier alpha value is -1.52. The van der Waals surface area contributed by atoms with Crippen molar-refractivity contribution in [2.45, 2.75) is 19.6 Å². The third-order valence-electron chi connectivity index (χ3n) is 2.58. The molecular formula is C13H13ClO4. The standard InChI is InChI=1S/C13H13ClO4/c1-3-17-12(15)10-7-8-6-9(14)4-5-11(8)18-13(10,2)16/h4-7,16H,3H2,1-2H3. The van der Waals surface area contributed by atoms with Crippen molar-refractivity contribution in [3.8, 4) is 5.75 Å². The average molecular weight is 269 g/mol. The Labute approximate surface area is 110 Å². The van der Waals surface area contributed by atoms with E-state index >= 15 is 0 Å². The summed E-state index contributed by atoms with van der Waals surface area (Å²) in [6, 6.07) is 4.95. The van der Waals surface area contributed by atoms with E-state index in [4.69, 9.17) is 21.1 Å². The molecule has 1 aromatic carbocycles. The molecule has 1 N–H and O–H groups in total. The maximum atomic E-state index is 11.7. The molecule has 96 valence electrons. The van der Waals surface area contributed by atoms with Crippen molar-refractivity contribution in [3.63, 3.8) is 0 Å². The molecule has 18 heavy (non-hydrogen) atoms. The normalized spacial score (nSPS) is 21.7. The van der Waals surface area contributed by atoms with Gasteiger partial charge in [0.15, 0.2) is 0 Å². The summed E-state index contributed by atoms with van der Waals surface area (Å²) in [4.78, 5) is 11.7. The number of ether oxygens (including phenoxy) is 2. The first-order valence-corrected chi connectivity index (χ1v) is 5.92. The second-order valence-corrected chi connectivity index (χ2v) is 4.48. The van der Waals surface area contributed by atoms with E-state index in [0.29, 0.717) is 16.3 Å². The molecule has 0 saturated heterocycles. The molecule has 1 aliphatic rings. The fourth-order valence-corrected chi connectivity index (χ4v) is 1.92. The minimum Gasteiger partial charge on any atom is -0.462 e. The van der Waals surface area contributed by atoms with Crippen LogP contribution in [0.3, 0.4) is 0 Å². The van der Waals surface area contributed by atoms with Crippen molar-refractivity contribution in [2.24, 2.45) is 0 Å². The molecular weight excluding hydrogens is 256 g/mol. The first kappa shape index (κ1) is 12.9. The highest BCUT2D eigenvalue weighted by Gasteiger charge is 2.38. The topological polar surface area (TPSA) is 55.8 Å². The highest BCUT2D eigenvalue weighted by atomic mass is 35.5. The SMILES string of the molecule is CCOC(=O)C1=Cc2cc(Cl)ccc2OC1(C)O. The van der Waals surface area contributed by atoms with Crippen molar-refractivity contribution >= 4 is 23.6 Å². The van der Waals surface area contributed by atoms with Gasteiger partial charge in [-0.25, -0.2) is 4.79 Å². The molecule has 0 aliphatic carbocycles. The Morgan fingerprint density at radius 2 is 2.28 bits per heavy atom. The van der Waals surface area contributed by atoms with E-state index in [1.54, 1.807) is 25.1 Å². The molecule has 1 atom stereocenters. The Bertz CT molecular complexity index is 520. The van der Waals surface area contributed by atoms with Gasteiger partial charge in [-0.2, -0.15) is 0 Å². The van der Waals surface area contributed by atoms with E-state index in [-0.39, 0.29) is 12.2 Å². The number of aliphatic hydroxyl groups is 1. The van der Waals surface area contributed by atoms with Crippen LogP contribution < -0.4 is 4.74 Å². The van der Waals surface area contributed by atoms with Gasteiger partial charge in [-0.05, 0) is 31.2 Å². The molecule has 0 spiro atoms. The lowest BCUT2D eigenvalue weighted by atomic mass is 10.00. The van der Waals surface area contributed by atoms with E-state index in [1.807, 2.05) is 0 Å². The summed E-state index contributed by atoms with van der Waals surface area (Å²) in [7, 11) is 0. The first-order chi connectivity index (χ1) is 8.44. The van der Waals surface area contributed by atoms with Crippen LogP contribution in [0.4, 0.5) is 0 Å². The van der Waals surface area contributed by atoms with Gasteiger partial charge in [0.05, 0.1) is 6.61 Å². The van der Waals surface area contributed by atoms with Gasteiger partial charge < -0.3 is 14.6 Å². The number of carbonyl (C=O) groups excluding carboxylic acids is 1. The van der Waals surface area contributed by atoms with Crippen LogP contribution in [0.1, 0.15) is 19.4 Å². The lowest BCUT2D eigenvalue weighted by molar-refractivity contribution is -0.148. The van der Waals surface area contributed by atoms with Crippen LogP contribution in [-0.4, -0.2) is 23.5 Å². The summed E-state index contributed by atoms with van der Waals surface area (Å²) in [6.45, 7) is 3.32. The molecule has 0 saturated carbocycles. The third-order valence-corrected chi connectivity index (χ3v) is 2.81. The zero-order chi connectivity index (χ0) is 13.3. The van der Waals surface area contributed by atoms with E-state index in [0.717, 1.165) is 0 Å². The quantitative estimate of drug-likeness (QED) is 0.837. The number of rotatable bonds is 2. The Morgan fingerprint density at radius 3 is 2.94 bits per heavy atom. The number of fused-ring (bicyclic) bond motifs is 1. The van der Waals surface area contributed by atoms with Crippen LogP contribution in [-0.2, 0) is 9.53 Å². The molecule has 5 heteroatoms. The monoisotopic (exact) mass is 268 g/mol. The molecule has 0 aromatic heterocycles. The van der Waals surface area contributed by atoms with Gasteiger partial charge >= 0.3 is 5.97 Å². The number of halogens is 1. The Balaban J connectivity index is 2.46. The van der Waals surface area contributed by atoms with E-state index in [9.17, 15) is 9.90 Å². The van der Waals surface area contributed by atoms with Gasteiger partial charge in [-0.1, -0.05) is 11.6 Å². The number of hydrogen-bond acceptors (Lipinski definition) is 4. The smallest absolute Gasteiger partial charge is 0.340 e. The van der Waals surface area contributed by atoms with Gasteiger partial charge in [-0.3, -0.25) is 0 Å². The maximum absolute atomic E-state index is 11.7. The lowest BCUT2D eigenvalue weighted by Crippen LogP contribution is -2.40. The number of benzene rings is 1. The summed E-state index contributed by atoms with van der Waals surface area (Å²) in [5.41, 5.74) is 0.691. The van der Waals surface area contributed by atoms with Gasteiger partial charge in [0.1, 0.15) is 11.3 Å². The molecule has 1 heterocycles. The average Bonchev–Trinajstić information content (AvgIpc) is 2.28. The largest absolute Gasteiger partial charge is 0.462 e. The molecule has 0 amide bonds. The third kappa shape index (κ3) is 2.35. The second-order valence-electron chi connectivity index (χ2n) is 4.05. The van der Waals surface area contributed by atoms with Crippen LogP contribution in [0, 0.1) is 0 Å². The molecule has 4 nitrogen and oxygen atoms in total. The van der Waals surface area contributed by atoms with Crippen molar-refractivity contribution < 1.29 is 19.4 Å². The highest BCUT2D eigenvalue weighted by Crippen LogP contribution is 2.36. The number of hydrogen-bond donors (Lipinski definition) is 1. The van der Waals surface area contributed by atoms with Crippen LogP contribution in [0.5, 0.6) is 5.75 Å². The first-order valence-electron chi connectivity index (χ1n) is 5.54. The Morgan fingerprint density at radius 1 is 1.56 bits per heavy atom. The number of esters is 1. The second kappa shape index (κ2) is 4.63. The Kier molecular flexibility index (Phi) is 3.32. The summed E-state index contributed by atoms with van der Waals surface area (Å²) in [6.07, 6.45) is 1.53.